The van der Waals surface area contributed by atoms with Crippen LogP contribution in [0.2, 0.25) is 0 Å². The molecule has 62 valence electrons. The molecule has 0 radical (unpaired) electrons. The summed E-state index contributed by atoms with van der Waals surface area (Å²) in [5.74, 6) is 0. The van der Waals surface area contributed by atoms with Gasteiger partial charge in [-0.1, -0.05) is 11.3 Å². The van der Waals surface area contributed by atoms with Crippen molar-refractivity contribution < 1.29 is 0 Å². The first-order chi connectivity index (χ1) is 5.75. The zero-order valence-corrected chi connectivity index (χ0v) is 10.4. The maximum Gasteiger partial charge on any atom is 0.183 e. The van der Waals surface area contributed by atoms with Gasteiger partial charge in [-0.3, -0.25) is 0 Å². The summed E-state index contributed by atoms with van der Waals surface area (Å²) < 4.78 is 1.93. The second kappa shape index (κ2) is 3.53. The Morgan fingerprint density at radius 3 is 2.58 bits per heavy atom. The average molecular weight is 326 g/mol. The molecule has 6 heteroatoms. The number of nitrogens with zero attached hydrogens (tertiary/aromatic N) is 2. The third-order valence-corrected chi connectivity index (χ3v) is 4.12. The van der Waals surface area contributed by atoms with Crippen molar-refractivity contribution in [3.63, 3.8) is 0 Å². The van der Waals surface area contributed by atoms with Crippen molar-refractivity contribution in [1.29, 1.82) is 0 Å². The fourth-order valence-electron chi connectivity index (χ4n) is 0.744. The van der Waals surface area contributed by atoms with Crippen LogP contribution >= 0.6 is 54.5 Å². The van der Waals surface area contributed by atoms with Gasteiger partial charge in [0.25, 0.3) is 0 Å². The maximum absolute atomic E-state index is 4.01. The number of hydrogen-bond donors (Lipinski definition) is 0. The van der Waals surface area contributed by atoms with E-state index in [0.717, 1.165) is 18.3 Å². The molecule has 0 bridgehead atoms. The van der Waals surface area contributed by atoms with Gasteiger partial charge >= 0.3 is 0 Å². The first-order valence-corrected chi connectivity index (χ1v) is 6.27. The van der Waals surface area contributed by atoms with Crippen molar-refractivity contribution >= 4 is 54.5 Å². The summed E-state index contributed by atoms with van der Waals surface area (Å²) in [6, 6.07) is 2.04. The summed E-state index contributed by atoms with van der Waals surface area (Å²) in [7, 11) is 0. The Morgan fingerprint density at radius 2 is 2.08 bits per heavy atom. The topological polar surface area (TPSA) is 25.8 Å². The van der Waals surface area contributed by atoms with E-state index in [1.807, 2.05) is 6.07 Å². The van der Waals surface area contributed by atoms with E-state index >= 15 is 0 Å². The van der Waals surface area contributed by atoms with Crippen molar-refractivity contribution in [2.45, 2.75) is 0 Å². The predicted octanol–water partition coefficient (Wildman–Crippen LogP) is 3.79. The molecule has 12 heavy (non-hydrogen) atoms. The molecule has 0 saturated heterocycles. The number of aromatic nitrogens is 2. The molecule has 0 aliphatic rings. The standard InChI is InChI=1S/C6H2Br2N2S2/c7-4-1-3(2-11-4)5-9-10-6(8)12-5/h1-2H. The largest absolute Gasteiger partial charge is 0.183 e. The highest BCUT2D eigenvalue weighted by Gasteiger charge is 2.05. The highest BCUT2D eigenvalue weighted by molar-refractivity contribution is 9.11. The molecule has 0 spiro atoms. The van der Waals surface area contributed by atoms with Gasteiger partial charge in [-0.15, -0.1) is 21.5 Å². The Kier molecular flexibility index (Phi) is 2.59. The molecule has 2 heterocycles. The van der Waals surface area contributed by atoms with Crippen LogP contribution in [0.4, 0.5) is 0 Å². The number of thiophene rings is 1. The van der Waals surface area contributed by atoms with Gasteiger partial charge in [-0.2, -0.15) is 0 Å². The van der Waals surface area contributed by atoms with E-state index in [4.69, 9.17) is 0 Å². The van der Waals surface area contributed by atoms with Crippen LogP contribution in [0.3, 0.4) is 0 Å². The highest BCUT2D eigenvalue weighted by atomic mass is 79.9. The van der Waals surface area contributed by atoms with E-state index in [1.54, 1.807) is 11.3 Å². The van der Waals surface area contributed by atoms with E-state index in [-0.39, 0.29) is 0 Å². The lowest BCUT2D eigenvalue weighted by atomic mass is 10.4. The fraction of sp³-hybridized carbons (Fsp3) is 0. The van der Waals surface area contributed by atoms with E-state index in [9.17, 15) is 0 Å². The van der Waals surface area contributed by atoms with Crippen LogP contribution in [0.15, 0.2) is 19.1 Å². The molecule has 0 aliphatic heterocycles. The number of halogens is 2. The second-order valence-electron chi connectivity index (χ2n) is 2.00. The number of rotatable bonds is 1. The molecule has 2 aromatic heterocycles. The van der Waals surface area contributed by atoms with Crippen molar-refractivity contribution in [3.8, 4) is 10.6 Å². The third-order valence-electron chi connectivity index (χ3n) is 1.21. The third kappa shape index (κ3) is 1.76. The van der Waals surface area contributed by atoms with Gasteiger partial charge in [0.05, 0.1) is 3.79 Å². The molecule has 0 N–H and O–H groups in total. The fourth-order valence-corrected chi connectivity index (χ4v) is 3.06. The second-order valence-corrected chi connectivity index (χ2v) is 6.54. The van der Waals surface area contributed by atoms with E-state index in [1.165, 1.54) is 11.3 Å². The van der Waals surface area contributed by atoms with E-state index in [2.05, 4.69) is 47.4 Å². The minimum absolute atomic E-state index is 0.819. The Balaban J connectivity index is 2.43. The molecule has 0 unspecified atom stereocenters. The monoisotopic (exact) mass is 324 g/mol. The Hall–Kier alpha value is 0.220. The van der Waals surface area contributed by atoms with Crippen LogP contribution in [0.1, 0.15) is 0 Å². The highest BCUT2D eigenvalue weighted by Crippen LogP contribution is 2.31. The molecular formula is C6H2Br2N2S2. The Labute approximate surface area is 93.9 Å². The minimum Gasteiger partial charge on any atom is -0.137 e. The van der Waals surface area contributed by atoms with Crippen LogP contribution in [0.25, 0.3) is 10.6 Å². The van der Waals surface area contributed by atoms with E-state index in [0.29, 0.717) is 0 Å². The summed E-state index contributed by atoms with van der Waals surface area (Å²) >= 11 is 9.86. The molecular weight excluding hydrogens is 324 g/mol. The zero-order valence-electron chi connectivity index (χ0n) is 5.62. The molecule has 0 aromatic carbocycles. The van der Waals surface area contributed by atoms with Gasteiger partial charge in [0.15, 0.2) is 3.92 Å². The molecule has 0 amide bonds. The lowest BCUT2D eigenvalue weighted by Gasteiger charge is -1.82. The summed E-state index contributed by atoms with van der Waals surface area (Å²) in [5.41, 5.74) is 1.12. The smallest absolute Gasteiger partial charge is 0.137 e. The average Bonchev–Trinajstić information content (AvgIpc) is 2.58. The SMILES string of the molecule is Brc1cc(-c2nnc(Br)s2)cs1. The summed E-state index contributed by atoms with van der Waals surface area (Å²) in [6.45, 7) is 0. The lowest BCUT2D eigenvalue weighted by Crippen LogP contribution is -1.70. The van der Waals surface area contributed by atoms with Gasteiger partial charge in [-0.25, -0.2) is 0 Å². The molecule has 0 atom stereocenters. The predicted molar refractivity (Wildman–Crippen MR) is 58.6 cm³/mol. The van der Waals surface area contributed by atoms with Gasteiger partial charge in [0.2, 0.25) is 0 Å². The van der Waals surface area contributed by atoms with Crippen molar-refractivity contribution in [2.75, 3.05) is 0 Å². The van der Waals surface area contributed by atoms with Gasteiger partial charge < -0.3 is 0 Å². The van der Waals surface area contributed by atoms with Gasteiger partial charge in [0, 0.05) is 10.9 Å². The van der Waals surface area contributed by atoms with E-state index < -0.39 is 0 Å². The summed E-state index contributed by atoms with van der Waals surface area (Å²) in [4.78, 5) is 0. The zero-order chi connectivity index (χ0) is 8.55. The van der Waals surface area contributed by atoms with Gasteiger partial charge in [0.1, 0.15) is 5.01 Å². The van der Waals surface area contributed by atoms with Crippen molar-refractivity contribution in [2.24, 2.45) is 0 Å². The number of hydrogen-bond acceptors (Lipinski definition) is 4. The van der Waals surface area contributed by atoms with Crippen molar-refractivity contribution in [1.82, 2.24) is 10.2 Å². The minimum atomic E-state index is 0.819. The molecule has 2 aromatic rings. The normalized spacial score (nSPS) is 10.5. The van der Waals surface area contributed by atoms with Crippen LogP contribution in [0, 0.1) is 0 Å². The van der Waals surface area contributed by atoms with Crippen molar-refractivity contribution in [3.05, 3.63) is 19.1 Å². The molecule has 2 nitrogen and oxygen atoms in total. The molecule has 0 fully saturated rings. The van der Waals surface area contributed by atoms with Crippen LogP contribution in [-0.4, -0.2) is 10.2 Å². The van der Waals surface area contributed by atoms with Gasteiger partial charge in [-0.05, 0) is 37.9 Å². The first-order valence-electron chi connectivity index (χ1n) is 2.99. The summed E-state index contributed by atoms with van der Waals surface area (Å²) in [5, 5.41) is 10.9. The summed E-state index contributed by atoms with van der Waals surface area (Å²) in [6.07, 6.45) is 0. The van der Waals surface area contributed by atoms with Crippen LogP contribution in [0.5, 0.6) is 0 Å². The Morgan fingerprint density at radius 1 is 1.25 bits per heavy atom. The molecule has 0 aliphatic carbocycles. The first kappa shape index (κ1) is 8.80. The Bertz CT molecular complexity index is 357. The molecule has 0 saturated carbocycles. The van der Waals surface area contributed by atoms with Crippen LogP contribution in [-0.2, 0) is 0 Å². The van der Waals surface area contributed by atoms with Crippen LogP contribution < -0.4 is 0 Å². The molecule has 2 rings (SSSR count). The quantitative estimate of drug-likeness (QED) is 0.797. The lowest BCUT2D eigenvalue weighted by molar-refractivity contribution is 1.08. The maximum atomic E-state index is 4.01.